The number of aliphatic hydroxyl groups is 1. The third kappa shape index (κ3) is 6.78. The van der Waals surface area contributed by atoms with Crippen molar-refractivity contribution in [1.82, 2.24) is 25.5 Å². The zero-order chi connectivity index (χ0) is 23.7. The lowest BCUT2D eigenvalue weighted by molar-refractivity contribution is -0.0930. The first-order chi connectivity index (χ1) is 15.9. The van der Waals surface area contributed by atoms with Gasteiger partial charge in [0, 0.05) is 25.6 Å². The summed E-state index contributed by atoms with van der Waals surface area (Å²) < 4.78 is 39.6. The number of alkyl halides is 2. The highest BCUT2D eigenvalue weighted by atomic mass is 19.3. The summed E-state index contributed by atoms with van der Waals surface area (Å²) in [6, 6.07) is 5.26. The van der Waals surface area contributed by atoms with Gasteiger partial charge in [0.2, 0.25) is 0 Å². The number of ether oxygens (including phenoxy) is 2. The zero-order valence-corrected chi connectivity index (χ0v) is 18.5. The minimum absolute atomic E-state index is 0.0649. The number of H-pyrrole nitrogens is 1. The number of hydrogen-bond acceptors (Lipinski definition) is 7. The van der Waals surface area contributed by atoms with E-state index in [1.165, 1.54) is 36.3 Å². The van der Waals surface area contributed by atoms with Gasteiger partial charge in [-0.05, 0) is 34.9 Å². The van der Waals surface area contributed by atoms with Gasteiger partial charge in [-0.15, -0.1) is 5.10 Å². The molecule has 180 valence electrons. The predicted octanol–water partition coefficient (Wildman–Crippen LogP) is 2.98. The van der Waals surface area contributed by atoms with Crippen LogP contribution in [0.1, 0.15) is 42.6 Å². The van der Waals surface area contributed by atoms with Gasteiger partial charge >= 0.3 is 12.0 Å². The molecule has 1 saturated heterocycles. The summed E-state index contributed by atoms with van der Waals surface area (Å²) in [6.45, 7) is 0.711. The number of methoxy groups -OCH3 is 1. The van der Waals surface area contributed by atoms with Gasteiger partial charge in [0.1, 0.15) is 18.5 Å². The summed E-state index contributed by atoms with van der Waals surface area (Å²) in [5, 5.41) is 23.8. The number of benzene rings is 1. The lowest BCUT2D eigenvalue weighted by atomic mass is 10.00. The van der Waals surface area contributed by atoms with Gasteiger partial charge in [-0.25, -0.2) is 9.89 Å². The Kier molecular flexibility index (Phi) is 8.84. The molecule has 1 aliphatic heterocycles. The first-order valence-electron chi connectivity index (χ1n) is 10.9. The van der Waals surface area contributed by atoms with E-state index < -0.39 is 24.2 Å². The number of tetrazole rings is 1. The maximum atomic E-state index is 14.8. The molecule has 1 aromatic carbocycles. The standard InChI is InChI=1S/C22H29F2N5O4/c1-32-14-16-7-6-8-17(13-16)22(23,24)19(30)11-10-18-15-33-21(31)29(18)12-5-3-2-4-9-20-25-27-28-26-20/h6-8,10-11,13,18-19,30H,2-5,9,12,14-15H2,1H3,(H,25,26,27,28)/b11-10+. The van der Waals surface area contributed by atoms with Crippen molar-refractivity contribution in [3.8, 4) is 0 Å². The summed E-state index contributed by atoms with van der Waals surface area (Å²) >= 11 is 0. The van der Waals surface area contributed by atoms with Crippen molar-refractivity contribution in [3.05, 3.63) is 53.4 Å². The Morgan fingerprint density at radius 1 is 1.36 bits per heavy atom. The maximum absolute atomic E-state index is 14.8. The molecule has 2 atom stereocenters. The van der Waals surface area contributed by atoms with Gasteiger partial charge in [-0.3, -0.25) is 4.90 Å². The molecule has 2 unspecified atom stereocenters. The molecule has 1 aromatic heterocycles. The summed E-state index contributed by atoms with van der Waals surface area (Å²) in [6.07, 6.45) is 4.18. The fraction of sp³-hybridized carbons (Fsp3) is 0.545. The number of nitrogens with one attached hydrogen (secondary N) is 1. The van der Waals surface area contributed by atoms with Crippen molar-refractivity contribution in [2.75, 3.05) is 20.3 Å². The van der Waals surface area contributed by atoms with Crippen molar-refractivity contribution >= 4 is 6.09 Å². The molecular formula is C22H29F2N5O4. The van der Waals surface area contributed by atoms with Crippen LogP contribution in [0.5, 0.6) is 0 Å². The number of cyclic esters (lactones) is 1. The van der Waals surface area contributed by atoms with Crippen molar-refractivity contribution in [3.63, 3.8) is 0 Å². The van der Waals surface area contributed by atoms with Gasteiger partial charge in [0.25, 0.3) is 0 Å². The van der Waals surface area contributed by atoms with Crippen LogP contribution in [0.4, 0.5) is 13.6 Å². The molecule has 0 spiro atoms. The van der Waals surface area contributed by atoms with Gasteiger partial charge in [-0.2, -0.15) is 8.78 Å². The van der Waals surface area contributed by atoms with E-state index >= 15 is 0 Å². The number of aromatic amines is 1. The summed E-state index contributed by atoms with van der Waals surface area (Å²) in [5.74, 6) is -2.75. The molecule has 2 aromatic rings. The third-order valence-corrected chi connectivity index (χ3v) is 5.47. The van der Waals surface area contributed by atoms with Crippen molar-refractivity contribution in [2.24, 2.45) is 0 Å². The second kappa shape index (κ2) is 11.8. The van der Waals surface area contributed by atoms with Crippen LogP contribution in [0.3, 0.4) is 0 Å². The van der Waals surface area contributed by atoms with Crippen molar-refractivity contribution in [1.29, 1.82) is 0 Å². The highest BCUT2D eigenvalue weighted by Crippen LogP contribution is 2.33. The van der Waals surface area contributed by atoms with Crippen LogP contribution in [0.2, 0.25) is 0 Å². The van der Waals surface area contributed by atoms with Crippen LogP contribution < -0.4 is 0 Å². The molecule has 1 amide bonds. The maximum Gasteiger partial charge on any atom is 0.410 e. The van der Waals surface area contributed by atoms with Crippen LogP contribution in [0.25, 0.3) is 0 Å². The molecule has 0 bridgehead atoms. The van der Waals surface area contributed by atoms with Crippen LogP contribution in [0.15, 0.2) is 36.4 Å². The highest BCUT2D eigenvalue weighted by molar-refractivity contribution is 5.70. The Balaban J connectivity index is 1.49. The number of amides is 1. The second-order valence-electron chi connectivity index (χ2n) is 7.94. The number of halogens is 2. The average molecular weight is 466 g/mol. The SMILES string of the molecule is COCc1cccc(C(F)(F)C(O)/C=C/C2COC(=O)N2CCCCCCc2nnn[nH]2)c1. The minimum atomic E-state index is -3.49. The van der Waals surface area contributed by atoms with E-state index in [4.69, 9.17) is 9.47 Å². The number of unbranched alkanes of at least 4 members (excludes halogenated alkanes) is 3. The Bertz CT molecular complexity index is 910. The normalized spacial score (nSPS) is 17.6. The van der Waals surface area contributed by atoms with E-state index in [0.29, 0.717) is 12.1 Å². The Morgan fingerprint density at radius 3 is 2.94 bits per heavy atom. The molecule has 0 saturated carbocycles. The van der Waals surface area contributed by atoms with Crippen molar-refractivity contribution < 1.29 is 28.2 Å². The summed E-state index contributed by atoms with van der Waals surface area (Å²) in [4.78, 5) is 13.5. The molecule has 0 radical (unpaired) electrons. The number of rotatable bonds is 13. The number of carbonyl (C=O) groups is 1. The fourth-order valence-electron chi connectivity index (χ4n) is 3.65. The van der Waals surface area contributed by atoms with Crippen molar-refractivity contribution in [2.45, 2.75) is 56.8 Å². The van der Waals surface area contributed by atoms with Crippen LogP contribution in [-0.4, -0.2) is 69.1 Å². The quantitative estimate of drug-likeness (QED) is 0.345. The summed E-state index contributed by atoms with van der Waals surface area (Å²) in [7, 11) is 1.48. The third-order valence-electron chi connectivity index (χ3n) is 5.47. The van der Waals surface area contributed by atoms with E-state index in [9.17, 15) is 18.7 Å². The Morgan fingerprint density at radius 2 is 2.18 bits per heavy atom. The number of aliphatic hydroxyl groups excluding tert-OH is 1. The number of carbonyl (C=O) groups excluding carboxylic acids is 1. The molecular weight excluding hydrogens is 436 g/mol. The van der Waals surface area contributed by atoms with Gasteiger partial charge in [0.15, 0.2) is 0 Å². The molecule has 33 heavy (non-hydrogen) atoms. The number of aryl methyl sites for hydroxylation is 1. The Hall–Kier alpha value is -2.92. The van der Waals surface area contributed by atoms with E-state index in [-0.39, 0.29) is 18.8 Å². The largest absolute Gasteiger partial charge is 0.447 e. The van der Waals surface area contributed by atoms with Crippen LogP contribution >= 0.6 is 0 Å². The lowest BCUT2D eigenvalue weighted by Crippen LogP contribution is -2.34. The van der Waals surface area contributed by atoms with E-state index in [0.717, 1.165) is 44.0 Å². The highest BCUT2D eigenvalue weighted by Gasteiger charge is 2.39. The topological polar surface area (TPSA) is 113 Å². The van der Waals surface area contributed by atoms with Gasteiger partial charge < -0.3 is 14.6 Å². The number of aromatic nitrogens is 4. The molecule has 9 nitrogen and oxygen atoms in total. The van der Waals surface area contributed by atoms with E-state index in [1.807, 2.05) is 0 Å². The number of hydrogen-bond donors (Lipinski definition) is 2. The fourth-order valence-corrected chi connectivity index (χ4v) is 3.65. The summed E-state index contributed by atoms with van der Waals surface area (Å²) in [5.41, 5.74) is 0.287. The lowest BCUT2D eigenvalue weighted by Gasteiger charge is -2.22. The predicted molar refractivity (Wildman–Crippen MR) is 114 cm³/mol. The minimum Gasteiger partial charge on any atom is -0.447 e. The van der Waals surface area contributed by atoms with Gasteiger partial charge in [-0.1, -0.05) is 43.2 Å². The van der Waals surface area contributed by atoms with Crippen LogP contribution in [-0.2, 0) is 28.4 Å². The van der Waals surface area contributed by atoms with E-state index in [1.54, 1.807) is 6.07 Å². The molecule has 1 fully saturated rings. The molecule has 2 N–H and O–H groups in total. The van der Waals surface area contributed by atoms with E-state index in [2.05, 4.69) is 20.6 Å². The Labute approximate surface area is 190 Å². The molecule has 2 heterocycles. The molecule has 1 aliphatic rings. The van der Waals surface area contributed by atoms with Crippen LogP contribution in [0, 0.1) is 0 Å². The first-order valence-corrected chi connectivity index (χ1v) is 10.9. The second-order valence-corrected chi connectivity index (χ2v) is 7.94. The first kappa shape index (κ1) is 24.7. The smallest absolute Gasteiger partial charge is 0.410 e. The molecule has 3 rings (SSSR count). The average Bonchev–Trinajstić information content (AvgIpc) is 3.45. The monoisotopic (exact) mass is 465 g/mol. The number of nitrogens with zero attached hydrogens (tertiary/aromatic N) is 4. The zero-order valence-electron chi connectivity index (χ0n) is 18.5. The molecule has 11 heteroatoms. The van der Waals surface area contributed by atoms with Gasteiger partial charge in [0.05, 0.1) is 12.6 Å². The molecule has 0 aliphatic carbocycles.